The molecule has 7 nitrogen and oxygen atoms in total. The predicted octanol–water partition coefficient (Wildman–Crippen LogP) is 7.11. The van der Waals surface area contributed by atoms with Gasteiger partial charge in [0, 0.05) is 23.9 Å². The Hall–Kier alpha value is -4.89. The van der Waals surface area contributed by atoms with Crippen molar-refractivity contribution in [2.75, 3.05) is 24.7 Å². The van der Waals surface area contributed by atoms with Crippen LogP contribution >= 0.6 is 0 Å². The highest BCUT2D eigenvalue weighted by Crippen LogP contribution is 2.54. The second kappa shape index (κ2) is 14.0. The largest absolute Gasteiger partial charge is 0.493 e. The summed E-state index contributed by atoms with van der Waals surface area (Å²) in [4.78, 5) is 24.4. The smallest absolute Gasteiger partial charge is 0.460 e. The molecule has 0 heterocycles. The van der Waals surface area contributed by atoms with Crippen LogP contribution in [0.2, 0.25) is 0 Å². The number of anilines is 2. The monoisotopic (exact) mass is 664 g/mol. The molecule has 0 bridgehead atoms. The molecule has 0 spiro atoms. The van der Waals surface area contributed by atoms with Gasteiger partial charge in [-0.2, -0.15) is 39.5 Å². The predicted molar refractivity (Wildman–Crippen MR) is 148 cm³/mol. The van der Waals surface area contributed by atoms with E-state index in [0.29, 0.717) is 23.4 Å². The van der Waals surface area contributed by atoms with Crippen molar-refractivity contribution in [3.05, 3.63) is 89.5 Å². The van der Waals surface area contributed by atoms with Gasteiger partial charge in [-0.05, 0) is 65.7 Å². The molecule has 0 atom stereocenters. The molecule has 0 saturated carbocycles. The molecule has 248 valence electrons. The summed E-state index contributed by atoms with van der Waals surface area (Å²) < 4.78 is 132. The zero-order valence-corrected chi connectivity index (χ0v) is 23.4. The number of carbonyl (C=O) groups is 2. The summed E-state index contributed by atoms with van der Waals surface area (Å²) in [6.07, 6.45) is -6.02. The zero-order valence-electron chi connectivity index (χ0n) is 23.4. The standard InChI is InChI=1S/C30H25F9N2O5/c31-27(32,28(33,34)29(35,36)30(37,38)39)14-16-44-22-10-5-20(6-11-22)26(43)46-23-8-1-18(2-9-23)3-12-25(42)45-15-13-19-4-7-21(40)17-24(19)41/h1-12,17H,13-16,40-41H2/b12-3+. The molecule has 16 heteroatoms. The van der Waals surface area contributed by atoms with E-state index in [9.17, 15) is 49.1 Å². The lowest BCUT2D eigenvalue weighted by Crippen LogP contribution is -2.61. The van der Waals surface area contributed by atoms with Crippen molar-refractivity contribution in [1.82, 2.24) is 0 Å². The number of hydrogen-bond acceptors (Lipinski definition) is 7. The first-order chi connectivity index (χ1) is 21.3. The van der Waals surface area contributed by atoms with Crippen LogP contribution in [0.1, 0.15) is 27.9 Å². The summed E-state index contributed by atoms with van der Waals surface area (Å²) in [6.45, 7) is -1.27. The maximum atomic E-state index is 13.6. The Balaban J connectivity index is 1.46. The molecule has 0 saturated heterocycles. The maximum absolute atomic E-state index is 13.6. The van der Waals surface area contributed by atoms with E-state index in [0.717, 1.165) is 29.8 Å². The van der Waals surface area contributed by atoms with Crippen molar-refractivity contribution in [1.29, 1.82) is 0 Å². The molecule has 3 aromatic carbocycles. The van der Waals surface area contributed by atoms with Gasteiger partial charge in [-0.1, -0.05) is 18.2 Å². The molecule has 0 aliphatic rings. The molecule has 0 amide bonds. The van der Waals surface area contributed by atoms with Gasteiger partial charge >= 0.3 is 35.9 Å². The normalized spacial score (nSPS) is 12.6. The van der Waals surface area contributed by atoms with E-state index in [1.165, 1.54) is 36.4 Å². The Kier molecular flexibility index (Phi) is 10.9. The quantitative estimate of drug-likeness (QED) is 0.0659. The fraction of sp³-hybridized carbons (Fsp3) is 0.267. The maximum Gasteiger partial charge on any atom is 0.460 e. The third kappa shape index (κ3) is 8.63. The van der Waals surface area contributed by atoms with E-state index in [4.69, 9.17) is 25.7 Å². The highest BCUT2D eigenvalue weighted by atomic mass is 19.4. The number of ether oxygens (including phenoxy) is 3. The minimum Gasteiger partial charge on any atom is -0.493 e. The Morgan fingerprint density at radius 2 is 1.35 bits per heavy atom. The molecule has 3 rings (SSSR count). The molecule has 3 aromatic rings. The second-order valence-electron chi connectivity index (χ2n) is 9.64. The summed E-state index contributed by atoms with van der Waals surface area (Å²) in [6, 6.07) is 15.2. The van der Waals surface area contributed by atoms with Crippen LogP contribution in [0, 0.1) is 0 Å². The van der Waals surface area contributed by atoms with Gasteiger partial charge in [0.25, 0.3) is 0 Å². The first-order valence-electron chi connectivity index (χ1n) is 13.1. The van der Waals surface area contributed by atoms with Crippen molar-refractivity contribution in [2.45, 2.75) is 36.8 Å². The second-order valence-corrected chi connectivity index (χ2v) is 9.64. The van der Waals surface area contributed by atoms with Gasteiger partial charge < -0.3 is 25.7 Å². The fourth-order valence-corrected chi connectivity index (χ4v) is 3.68. The number of rotatable bonds is 13. The van der Waals surface area contributed by atoms with Crippen molar-refractivity contribution in [2.24, 2.45) is 0 Å². The van der Waals surface area contributed by atoms with E-state index in [1.807, 2.05) is 0 Å². The first kappa shape index (κ1) is 35.6. The molecule has 46 heavy (non-hydrogen) atoms. The van der Waals surface area contributed by atoms with Crippen molar-refractivity contribution >= 4 is 29.4 Å². The number of halogens is 9. The number of benzene rings is 3. The lowest BCUT2D eigenvalue weighted by molar-refractivity contribution is -0.397. The molecule has 0 aliphatic carbocycles. The van der Waals surface area contributed by atoms with Crippen LogP contribution < -0.4 is 20.9 Å². The highest BCUT2D eigenvalue weighted by Gasteiger charge is 2.81. The summed E-state index contributed by atoms with van der Waals surface area (Å²) in [5, 5.41) is 0. The van der Waals surface area contributed by atoms with Crippen LogP contribution in [0.25, 0.3) is 6.08 Å². The SMILES string of the molecule is Nc1ccc(CCOC(=O)/C=C/c2ccc(OC(=O)c3ccc(OCCC(F)(F)C(F)(F)C(F)(F)C(F)(F)F)cc3)cc2)c(N)c1. The van der Waals surface area contributed by atoms with Crippen LogP contribution in [-0.2, 0) is 16.0 Å². The van der Waals surface area contributed by atoms with Crippen LogP contribution in [0.4, 0.5) is 50.9 Å². The van der Waals surface area contributed by atoms with E-state index < -0.39 is 48.9 Å². The van der Waals surface area contributed by atoms with Gasteiger partial charge in [0.2, 0.25) is 0 Å². The third-order valence-corrected chi connectivity index (χ3v) is 6.27. The summed E-state index contributed by atoms with van der Waals surface area (Å²) in [5.41, 5.74) is 13.8. The van der Waals surface area contributed by atoms with Crippen LogP contribution in [-0.4, -0.2) is 49.1 Å². The number of alkyl halides is 9. The third-order valence-electron chi connectivity index (χ3n) is 6.27. The van der Waals surface area contributed by atoms with E-state index >= 15 is 0 Å². The minimum atomic E-state index is -6.98. The number of carbonyl (C=O) groups excluding carboxylic acids is 2. The molecular weight excluding hydrogens is 639 g/mol. The Morgan fingerprint density at radius 3 is 1.93 bits per heavy atom. The lowest BCUT2D eigenvalue weighted by atomic mass is 10.0. The topological polar surface area (TPSA) is 114 Å². The van der Waals surface area contributed by atoms with Crippen molar-refractivity contribution in [3.8, 4) is 11.5 Å². The van der Waals surface area contributed by atoms with Gasteiger partial charge in [-0.25, -0.2) is 9.59 Å². The van der Waals surface area contributed by atoms with E-state index in [1.54, 1.807) is 18.2 Å². The highest BCUT2D eigenvalue weighted by molar-refractivity contribution is 5.91. The van der Waals surface area contributed by atoms with Gasteiger partial charge in [0.05, 0.1) is 25.2 Å². The Morgan fingerprint density at radius 1 is 0.739 bits per heavy atom. The average Bonchev–Trinajstić information content (AvgIpc) is 2.97. The van der Waals surface area contributed by atoms with Gasteiger partial charge in [-0.3, -0.25) is 0 Å². The number of nitrogens with two attached hydrogens (primary N) is 2. The summed E-state index contributed by atoms with van der Waals surface area (Å²) >= 11 is 0. The van der Waals surface area contributed by atoms with Gasteiger partial charge in [0.1, 0.15) is 11.5 Å². The molecular formula is C30H25F9N2O5. The number of nitrogen functional groups attached to an aromatic ring is 2. The summed E-state index contributed by atoms with van der Waals surface area (Å²) in [7, 11) is 0. The zero-order chi connectivity index (χ0) is 34.3. The van der Waals surface area contributed by atoms with Crippen LogP contribution in [0.3, 0.4) is 0 Å². The molecule has 0 aromatic heterocycles. The Labute approximate surface area is 255 Å². The average molecular weight is 665 g/mol. The first-order valence-corrected chi connectivity index (χ1v) is 13.1. The minimum absolute atomic E-state index is 0.0681. The van der Waals surface area contributed by atoms with Crippen molar-refractivity contribution in [3.63, 3.8) is 0 Å². The van der Waals surface area contributed by atoms with E-state index in [2.05, 4.69) is 0 Å². The van der Waals surface area contributed by atoms with Crippen LogP contribution in [0.5, 0.6) is 11.5 Å². The fourth-order valence-electron chi connectivity index (χ4n) is 3.68. The molecule has 0 fully saturated rings. The molecule has 0 radical (unpaired) electrons. The molecule has 0 aliphatic heterocycles. The van der Waals surface area contributed by atoms with E-state index in [-0.39, 0.29) is 23.7 Å². The summed E-state index contributed by atoms with van der Waals surface area (Å²) in [5.74, 6) is -21.1. The lowest BCUT2D eigenvalue weighted by Gasteiger charge is -2.33. The molecule has 4 N–H and O–H groups in total. The van der Waals surface area contributed by atoms with Crippen molar-refractivity contribution < 1.29 is 63.3 Å². The Bertz CT molecular complexity index is 1540. The number of esters is 2. The van der Waals surface area contributed by atoms with Crippen LogP contribution in [0.15, 0.2) is 72.8 Å². The van der Waals surface area contributed by atoms with Gasteiger partial charge in [-0.15, -0.1) is 0 Å². The van der Waals surface area contributed by atoms with Gasteiger partial charge in [0.15, 0.2) is 0 Å². The molecule has 0 unspecified atom stereocenters. The number of hydrogen-bond donors (Lipinski definition) is 2.